The summed E-state index contributed by atoms with van der Waals surface area (Å²) in [4.78, 5) is 0. The van der Waals surface area contributed by atoms with Crippen LogP contribution in [0.2, 0.25) is 0 Å². The Labute approximate surface area is 147 Å². The number of alkyl halides is 3. The second kappa shape index (κ2) is 8.90. The molecule has 0 saturated carbocycles. The number of benzene rings is 2. The molecule has 0 saturated heterocycles. The molecule has 0 aliphatic rings. The van der Waals surface area contributed by atoms with Gasteiger partial charge in [-0.05, 0) is 42.2 Å². The van der Waals surface area contributed by atoms with Gasteiger partial charge >= 0.3 is 6.18 Å². The summed E-state index contributed by atoms with van der Waals surface area (Å²) in [5.41, 5.74) is 1.25. The van der Waals surface area contributed by atoms with Crippen LogP contribution in [-0.4, -0.2) is 19.3 Å². The minimum absolute atomic E-state index is 0.0347. The molecule has 0 spiro atoms. The van der Waals surface area contributed by atoms with Crippen LogP contribution in [-0.2, 0) is 17.3 Å². The van der Waals surface area contributed by atoms with Gasteiger partial charge in [0.2, 0.25) is 0 Å². The molecule has 2 nitrogen and oxygen atoms in total. The minimum Gasteiger partial charge on any atom is -0.380 e. The smallest absolute Gasteiger partial charge is 0.380 e. The van der Waals surface area contributed by atoms with Crippen LogP contribution < -0.4 is 5.32 Å². The summed E-state index contributed by atoms with van der Waals surface area (Å²) in [6.45, 7) is 5.23. The van der Waals surface area contributed by atoms with Gasteiger partial charge in [-0.3, -0.25) is 0 Å². The number of halogens is 3. The fourth-order valence-corrected chi connectivity index (χ4v) is 2.42. The first-order valence-corrected chi connectivity index (χ1v) is 8.41. The lowest BCUT2D eigenvalue weighted by Gasteiger charge is -2.24. The Morgan fingerprint density at radius 3 is 2.16 bits per heavy atom. The zero-order valence-corrected chi connectivity index (χ0v) is 14.5. The first-order valence-electron chi connectivity index (χ1n) is 8.41. The molecule has 1 N–H and O–H groups in total. The van der Waals surface area contributed by atoms with Crippen LogP contribution in [0.15, 0.2) is 54.6 Å². The molecule has 0 heterocycles. The molecule has 0 unspecified atom stereocenters. The van der Waals surface area contributed by atoms with Gasteiger partial charge in [0.1, 0.15) is 0 Å². The van der Waals surface area contributed by atoms with Crippen LogP contribution >= 0.6 is 0 Å². The van der Waals surface area contributed by atoms with Gasteiger partial charge in [-0.15, -0.1) is 0 Å². The molecule has 25 heavy (non-hydrogen) atoms. The number of hydrogen-bond acceptors (Lipinski definition) is 2. The van der Waals surface area contributed by atoms with Crippen LogP contribution in [0.3, 0.4) is 0 Å². The lowest BCUT2D eigenvalue weighted by Crippen LogP contribution is -2.31. The molecule has 0 aliphatic heterocycles. The van der Waals surface area contributed by atoms with Gasteiger partial charge < -0.3 is 10.1 Å². The first kappa shape index (κ1) is 19.3. The van der Waals surface area contributed by atoms with E-state index in [4.69, 9.17) is 4.74 Å². The predicted octanol–water partition coefficient (Wildman–Crippen LogP) is 5.40. The highest BCUT2D eigenvalue weighted by Crippen LogP contribution is 2.30. The van der Waals surface area contributed by atoms with Crippen LogP contribution in [0, 0.1) is 5.92 Å². The average Bonchev–Trinajstić information content (AvgIpc) is 2.58. The van der Waals surface area contributed by atoms with Gasteiger partial charge in [0.05, 0.1) is 24.8 Å². The summed E-state index contributed by atoms with van der Waals surface area (Å²) >= 11 is 0. The highest BCUT2D eigenvalue weighted by molar-refractivity contribution is 5.46. The molecular weight excluding hydrogens is 327 g/mol. The normalized spacial score (nSPS) is 13.0. The van der Waals surface area contributed by atoms with E-state index in [2.05, 4.69) is 31.3 Å². The minimum atomic E-state index is -4.31. The van der Waals surface area contributed by atoms with Crippen LogP contribution in [0.25, 0.3) is 0 Å². The lowest BCUT2D eigenvalue weighted by molar-refractivity contribution is -0.137. The van der Waals surface area contributed by atoms with Crippen molar-refractivity contribution in [1.29, 1.82) is 0 Å². The van der Waals surface area contributed by atoms with Gasteiger partial charge in [-0.2, -0.15) is 13.2 Å². The molecule has 2 aromatic carbocycles. The largest absolute Gasteiger partial charge is 0.416 e. The second-order valence-corrected chi connectivity index (χ2v) is 6.38. The molecule has 5 heteroatoms. The van der Waals surface area contributed by atoms with E-state index >= 15 is 0 Å². The van der Waals surface area contributed by atoms with Crippen molar-refractivity contribution in [2.24, 2.45) is 5.92 Å². The lowest BCUT2D eigenvalue weighted by atomic mass is 10.0. The SMILES string of the molecule is CC(C)[C@H](COCCc1ccccc1)Nc1ccc(C(F)(F)F)cc1. The van der Waals surface area contributed by atoms with Crippen molar-refractivity contribution < 1.29 is 17.9 Å². The second-order valence-electron chi connectivity index (χ2n) is 6.38. The van der Waals surface area contributed by atoms with E-state index in [1.807, 2.05) is 18.2 Å². The van der Waals surface area contributed by atoms with Crippen molar-refractivity contribution in [3.63, 3.8) is 0 Å². The summed E-state index contributed by atoms with van der Waals surface area (Å²) in [6.07, 6.45) is -3.47. The third kappa shape index (κ3) is 6.42. The Balaban J connectivity index is 1.84. The number of anilines is 1. The fourth-order valence-electron chi connectivity index (χ4n) is 2.42. The average molecular weight is 351 g/mol. The Hall–Kier alpha value is -2.01. The zero-order valence-electron chi connectivity index (χ0n) is 14.5. The van der Waals surface area contributed by atoms with E-state index in [0.717, 1.165) is 18.6 Å². The van der Waals surface area contributed by atoms with E-state index in [0.29, 0.717) is 24.8 Å². The van der Waals surface area contributed by atoms with E-state index in [1.165, 1.54) is 17.7 Å². The molecule has 0 aromatic heterocycles. The Bertz CT molecular complexity index is 624. The van der Waals surface area contributed by atoms with Gasteiger partial charge in [0.15, 0.2) is 0 Å². The molecule has 2 aromatic rings. The Morgan fingerprint density at radius 2 is 1.60 bits per heavy atom. The third-order valence-corrected chi connectivity index (χ3v) is 4.04. The highest BCUT2D eigenvalue weighted by atomic mass is 19.4. The Morgan fingerprint density at radius 1 is 0.960 bits per heavy atom. The topological polar surface area (TPSA) is 21.3 Å². The molecule has 2 rings (SSSR count). The van der Waals surface area contributed by atoms with Crippen molar-refractivity contribution in [2.45, 2.75) is 32.5 Å². The standard InChI is InChI=1S/C20H24F3NO/c1-15(2)19(14-25-13-12-16-6-4-3-5-7-16)24-18-10-8-17(9-11-18)20(21,22)23/h3-11,15,19,24H,12-14H2,1-2H3/t19-/m0/s1. The summed E-state index contributed by atoms with van der Waals surface area (Å²) < 4.78 is 43.6. The maximum Gasteiger partial charge on any atom is 0.416 e. The number of hydrogen-bond donors (Lipinski definition) is 1. The first-order chi connectivity index (χ1) is 11.9. The van der Waals surface area contributed by atoms with Crippen LogP contribution in [0.4, 0.5) is 18.9 Å². The molecule has 0 amide bonds. The van der Waals surface area contributed by atoms with Crippen molar-refractivity contribution >= 4 is 5.69 Å². The van der Waals surface area contributed by atoms with Crippen LogP contribution in [0.5, 0.6) is 0 Å². The molecule has 0 radical (unpaired) electrons. The molecule has 1 atom stereocenters. The monoisotopic (exact) mass is 351 g/mol. The van der Waals surface area contributed by atoms with Crippen molar-refractivity contribution in [3.8, 4) is 0 Å². The van der Waals surface area contributed by atoms with Crippen molar-refractivity contribution in [3.05, 3.63) is 65.7 Å². The summed E-state index contributed by atoms with van der Waals surface area (Å²) in [5.74, 6) is 0.291. The van der Waals surface area contributed by atoms with Crippen molar-refractivity contribution in [2.75, 3.05) is 18.5 Å². The highest BCUT2D eigenvalue weighted by Gasteiger charge is 2.30. The zero-order chi connectivity index (χ0) is 18.3. The Kier molecular flexibility index (Phi) is 6.88. The van der Waals surface area contributed by atoms with E-state index in [1.54, 1.807) is 0 Å². The van der Waals surface area contributed by atoms with Crippen molar-refractivity contribution in [1.82, 2.24) is 0 Å². The maximum absolute atomic E-state index is 12.6. The predicted molar refractivity (Wildman–Crippen MR) is 94.7 cm³/mol. The number of rotatable bonds is 8. The van der Waals surface area contributed by atoms with E-state index in [9.17, 15) is 13.2 Å². The summed E-state index contributed by atoms with van der Waals surface area (Å²) in [5, 5.41) is 3.26. The fraction of sp³-hybridized carbons (Fsp3) is 0.400. The quantitative estimate of drug-likeness (QED) is 0.643. The van der Waals surface area contributed by atoms with Gasteiger partial charge in [0.25, 0.3) is 0 Å². The third-order valence-electron chi connectivity index (χ3n) is 4.04. The molecule has 136 valence electrons. The van der Waals surface area contributed by atoms with Gasteiger partial charge in [-0.1, -0.05) is 44.2 Å². The van der Waals surface area contributed by atoms with Crippen LogP contribution in [0.1, 0.15) is 25.0 Å². The van der Waals surface area contributed by atoms with E-state index in [-0.39, 0.29) is 6.04 Å². The molecule has 0 aliphatic carbocycles. The molecular formula is C20H24F3NO. The number of nitrogens with one attached hydrogen (secondary N) is 1. The molecule has 0 bridgehead atoms. The number of ether oxygens (including phenoxy) is 1. The summed E-state index contributed by atoms with van der Waals surface area (Å²) in [7, 11) is 0. The summed E-state index contributed by atoms with van der Waals surface area (Å²) in [6, 6.07) is 15.2. The van der Waals surface area contributed by atoms with Gasteiger partial charge in [0, 0.05) is 5.69 Å². The molecule has 0 fully saturated rings. The van der Waals surface area contributed by atoms with Gasteiger partial charge in [-0.25, -0.2) is 0 Å². The maximum atomic E-state index is 12.6. The van der Waals surface area contributed by atoms with E-state index < -0.39 is 11.7 Å².